The molecule has 2 fully saturated rings. The highest BCUT2D eigenvalue weighted by molar-refractivity contribution is 5.86. The highest BCUT2D eigenvalue weighted by Crippen LogP contribution is 2.33. The summed E-state index contributed by atoms with van der Waals surface area (Å²) in [7, 11) is 4.23. The zero-order valence-corrected chi connectivity index (χ0v) is 11.5. The third-order valence-electron chi connectivity index (χ3n) is 4.47. The summed E-state index contributed by atoms with van der Waals surface area (Å²) in [5.41, 5.74) is 0. The number of nitrogens with zero attached hydrogens (tertiary/aromatic N) is 2. The molecule has 0 N–H and O–H groups in total. The Hall–Kier alpha value is -0.410. The first-order chi connectivity index (χ1) is 8.13. The number of carbonyl (C=O) groups is 1. The van der Waals surface area contributed by atoms with Crippen molar-refractivity contribution in [1.29, 1.82) is 0 Å². The molecule has 1 saturated heterocycles. The largest absolute Gasteiger partial charge is 0.306 e. The number of unbranched alkanes of at least 4 members (excludes halogenated alkanes) is 1. The first kappa shape index (κ1) is 13.0. The van der Waals surface area contributed by atoms with Gasteiger partial charge >= 0.3 is 0 Å². The smallest absolute Gasteiger partial charge is 0.143 e. The zero-order valence-electron chi connectivity index (χ0n) is 11.5. The van der Waals surface area contributed by atoms with E-state index in [4.69, 9.17) is 0 Å². The van der Waals surface area contributed by atoms with Crippen LogP contribution in [0.5, 0.6) is 0 Å². The summed E-state index contributed by atoms with van der Waals surface area (Å²) in [6, 6.07) is 0.475. The first-order valence-electron chi connectivity index (χ1n) is 7.06. The van der Waals surface area contributed by atoms with Gasteiger partial charge in [0.1, 0.15) is 5.78 Å². The second kappa shape index (κ2) is 5.49. The van der Waals surface area contributed by atoms with Crippen LogP contribution in [0.2, 0.25) is 0 Å². The number of rotatable bonds is 4. The number of piperidine rings is 1. The van der Waals surface area contributed by atoms with Gasteiger partial charge in [-0.25, -0.2) is 0 Å². The van der Waals surface area contributed by atoms with Crippen LogP contribution >= 0.6 is 0 Å². The van der Waals surface area contributed by atoms with Crippen molar-refractivity contribution in [2.45, 2.75) is 38.6 Å². The van der Waals surface area contributed by atoms with Crippen LogP contribution in [0.3, 0.4) is 0 Å². The molecule has 0 aromatic rings. The van der Waals surface area contributed by atoms with Crippen LogP contribution in [-0.4, -0.2) is 55.4 Å². The van der Waals surface area contributed by atoms with E-state index in [-0.39, 0.29) is 5.92 Å². The monoisotopic (exact) mass is 238 g/mol. The Labute approximate surface area is 105 Å². The van der Waals surface area contributed by atoms with E-state index in [1.165, 1.54) is 25.8 Å². The van der Waals surface area contributed by atoms with Crippen LogP contribution in [0.1, 0.15) is 32.6 Å². The molecule has 1 heterocycles. The minimum absolute atomic E-state index is 0.273. The quantitative estimate of drug-likeness (QED) is 0.744. The lowest BCUT2D eigenvalue weighted by atomic mass is 9.73. The van der Waals surface area contributed by atoms with Crippen LogP contribution in [0.15, 0.2) is 0 Å². The molecule has 2 aliphatic rings. The van der Waals surface area contributed by atoms with Gasteiger partial charge in [-0.05, 0) is 39.9 Å². The molecule has 0 aromatic carbocycles. The van der Waals surface area contributed by atoms with E-state index < -0.39 is 0 Å². The van der Waals surface area contributed by atoms with E-state index in [0.717, 1.165) is 19.5 Å². The van der Waals surface area contributed by atoms with Crippen molar-refractivity contribution in [3.63, 3.8) is 0 Å². The maximum atomic E-state index is 12.3. The molecule has 1 aliphatic heterocycles. The van der Waals surface area contributed by atoms with E-state index in [1.54, 1.807) is 0 Å². The van der Waals surface area contributed by atoms with Crippen molar-refractivity contribution in [3.8, 4) is 0 Å². The Balaban J connectivity index is 2.02. The number of hydrogen-bond donors (Lipinski definition) is 0. The van der Waals surface area contributed by atoms with Gasteiger partial charge in [0.2, 0.25) is 0 Å². The second-order valence-corrected chi connectivity index (χ2v) is 5.93. The Kier molecular flexibility index (Phi) is 4.21. The molecule has 3 atom stereocenters. The Bertz CT molecular complexity index is 277. The van der Waals surface area contributed by atoms with Crippen LogP contribution in [0.4, 0.5) is 0 Å². The Morgan fingerprint density at radius 3 is 2.71 bits per heavy atom. The van der Waals surface area contributed by atoms with Gasteiger partial charge in [0.25, 0.3) is 0 Å². The highest BCUT2D eigenvalue weighted by atomic mass is 16.1. The minimum Gasteiger partial charge on any atom is -0.306 e. The molecule has 0 amide bonds. The van der Waals surface area contributed by atoms with Gasteiger partial charge in [0.15, 0.2) is 0 Å². The maximum Gasteiger partial charge on any atom is 0.143 e. The predicted octanol–water partition coefficient (Wildman–Crippen LogP) is 1.63. The molecule has 3 unspecified atom stereocenters. The van der Waals surface area contributed by atoms with E-state index in [1.807, 2.05) is 0 Å². The fraction of sp³-hybridized carbons (Fsp3) is 0.929. The predicted molar refractivity (Wildman–Crippen MR) is 70.0 cm³/mol. The SMILES string of the molecule is CCCCN1CC2CCC(N(C)C)C(C1)C2=O. The summed E-state index contributed by atoms with van der Waals surface area (Å²) in [4.78, 5) is 17.1. The van der Waals surface area contributed by atoms with Crippen LogP contribution < -0.4 is 0 Å². The third-order valence-corrected chi connectivity index (χ3v) is 4.47. The lowest BCUT2D eigenvalue weighted by molar-refractivity contribution is -0.138. The number of carbonyl (C=O) groups excluding carboxylic acids is 1. The van der Waals surface area contributed by atoms with Crippen molar-refractivity contribution in [2.75, 3.05) is 33.7 Å². The van der Waals surface area contributed by atoms with Gasteiger partial charge in [-0.15, -0.1) is 0 Å². The molecule has 0 aromatic heterocycles. The van der Waals surface area contributed by atoms with Crippen molar-refractivity contribution in [2.24, 2.45) is 11.8 Å². The standard InChI is InChI=1S/C14H26N2O/c1-4-5-8-16-9-11-6-7-13(15(2)3)12(10-16)14(11)17/h11-13H,4-10H2,1-3H3. The summed E-state index contributed by atoms with van der Waals surface area (Å²) >= 11 is 0. The van der Waals surface area contributed by atoms with Gasteiger partial charge in [0.05, 0.1) is 0 Å². The van der Waals surface area contributed by atoms with Crippen molar-refractivity contribution in [1.82, 2.24) is 9.80 Å². The lowest BCUT2D eigenvalue weighted by Crippen LogP contribution is -2.57. The Morgan fingerprint density at radius 1 is 1.29 bits per heavy atom. The summed E-state index contributed by atoms with van der Waals surface area (Å²) in [6.07, 6.45) is 4.81. The maximum absolute atomic E-state index is 12.3. The number of ketones is 1. The molecule has 1 aliphatic carbocycles. The molecule has 98 valence electrons. The topological polar surface area (TPSA) is 23.6 Å². The average Bonchev–Trinajstić information content (AvgIpc) is 2.26. The molecule has 17 heavy (non-hydrogen) atoms. The fourth-order valence-corrected chi connectivity index (χ4v) is 3.45. The van der Waals surface area contributed by atoms with E-state index in [0.29, 0.717) is 17.7 Å². The molecule has 3 heteroatoms. The van der Waals surface area contributed by atoms with Crippen LogP contribution in [0, 0.1) is 11.8 Å². The van der Waals surface area contributed by atoms with E-state index in [9.17, 15) is 4.79 Å². The Morgan fingerprint density at radius 2 is 2.06 bits per heavy atom. The molecular weight excluding hydrogens is 212 g/mol. The van der Waals surface area contributed by atoms with Crippen molar-refractivity contribution < 1.29 is 4.79 Å². The van der Waals surface area contributed by atoms with Crippen molar-refractivity contribution >= 4 is 5.78 Å². The normalized spacial score (nSPS) is 34.4. The molecule has 0 spiro atoms. The molecule has 2 rings (SSSR count). The zero-order chi connectivity index (χ0) is 12.4. The molecule has 1 saturated carbocycles. The fourth-order valence-electron chi connectivity index (χ4n) is 3.45. The summed E-state index contributed by atoms with van der Waals surface area (Å²) in [6.45, 7) is 5.43. The van der Waals surface area contributed by atoms with Gasteiger partial charge in [-0.1, -0.05) is 13.3 Å². The minimum atomic E-state index is 0.273. The van der Waals surface area contributed by atoms with E-state index in [2.05, 4.69) is 30.8 Å². The van der Waals surface area contributed by atoms with Gasteiger partial charge in [-0.2, -0.15) is 0 Å². The van der Waals surface area contributed by atoms with Gasteiger partial charge in [0, 0.05) is 31.0 Å². The summed E-state index contributed by atoms with van der Waals surface area (Å²) in [5, 5.41) is 0. The van der Waals surface area contributed by atoms with Crippen LogP contribution in [0.25, 0.3) is 0 Å². The third kappa shape index (κ3) is 2.71. The van der Waals surface area contributed by atoms with Crippen LogP contribution in [-0.2, 0) is 4.79 Å². The van der Waals surface area contributed by atoms with Crippen molar-refractivity contribution in [3.05, 3.63) is 0 Å². The van der Waals surface area contributed by atoms with Gasteiger partial charge in [-0.3, -0.25) is 4.79 Å². The lowest BCUT2D eigenvalue weighted by Gasteiger charge is -2.46. The number of Topliss-reactive ketones (excluding diaryl/α,β-unsaturated/α-hetero) is 1. The molecular formula is C14H26N2O. The molecule has 3 nitrogen and oxygen atoms in total. The number of fused-ring (bicyclic) bond motifs is 2. The number of likely N-dealkylation sites (tertiary alicyclic amines) is 1. The molecule has 0 radical (unpaired) electrons. The van der Waals surface area contributed by atoms with E-state index >= 15 is 0 Å². The first-order valence-corrected chi connectivity index (χ1v) is 7.06. The summed E-state index contributed by atoms with van der Waals surface area (Å²) in [5.74, 6) is 1.15. The van der Waals surface area contributed by atoms with Gasteiger partial charge < -0.3 is 9.80 Å². The summed E-state index contributed by atoms with van der Waals surface area (Å²) < 4.78 is 0. The average molecular weight is 238 g/mol. The highest BCUT2D eigenvalue weighted by Gasteiger charge is 2.43. The second-order valence-electron chi connectivity index (χ2n) is 5.93. The molecule has 2 bridgehead atoms. The number of hydrogen-bond acceptors (Lipinski definition) is 3.